The first-order chi connectivity index (χ1) is 39.9. The maximum atomic E-state index is 13.8. The lowest BCUT2D eigenvalue weighted by atomic mass is 9.96. The van der Waals surface area contributed by atoms with Gasteiger partial charge >= 0.3 is 0 Å². The van der Waals surface area contributed by atoms with Crippen LogP contribution < -0.4 is 26.2 Å². The van der Waals surface area contributed by atoms with Crippen LogP contribution in [0.15, 0.2) is 120 Å². The number of aryl methyl sites for hydroxylation is 3. The highest BCUT2D eigenvalue weighted by atomic mass is 35.5. The van der Waals surface area contributed by atoms with E-state index < -0.39 is 9.84 Å². The largest absolute Gasteiger partial charge is 0.492 e. The second kappa shape index (κ2) is 25.6. The van der Waals surface area contributed by atoms with Crippen LogP contribution in [0.3, 0.4) is 0 Å². The zero-order valence-corrected chi connectivity index (χ0v) is 50.5. The Kier molecular flexibility index (Phi) is 18.4. The van der Waals surface area contributed by atoms with Gasteiger partial charge in [0.15, 0.2) is 9.84 Å². The Labute approximate surface area is 493 Å². The summed E-state index contributed by atoms with van der Waals surface area (Å²) in [6.07, 6.45) is 11.6. The van der Waals surface area contributed by atoms with Crippen molar-refractivity contribution >= 4 is 83.1 Å². The molecule has 0 amide bonds. The lowest BCUT2D eigenvalue weighted by Gasteiger charge is -2.18. The number of sulfone groups is 1. The molecule has 0 spiro atoms. The monoisotopic (exact) mass is 1180 g/mol. The lowest BCUT2D eigenvalue weighted by molar-refractivity contribution is 0.238. The summed E-state index contributed by atoms with van der Waals surface area (Å²) in [5, 5.41) is 19.9. The quantitative estimate of drug-likeness (QED) is 0.0522. The SMILES string of the molecule is CC(C)(C)c1nc2c3cc[nH]c(=O)c3c3cc(F)ccc3c2[nH]1.Cc1cnc(Nc2ccc(OCCN3CCCC3)cc2)nc1Nc1cccc(S(=O)(=O)CC(C)(C)C)c1.Cc1cnc([C@H](C)Nc2ncc(Cl)c(Cc3cc(C)[nH]n3)n2)nc1. The first kappa shape index (κ1) is 60.2. The number of likely N-dealkylation sites (tertiary alicyclic amines) is 1. The van der Waals surface area contributed by atoms with Crippen LogP contribution in [0, 0.1) is 32.0 Å². The Morgan fingerprint density at radius 2 is 1.54 bits per heavy atom. The number of hydrogen-bond donors (Lipinski definition) is 6. The molecule has 11 rings (SSSR count). The highest BCUT2D eigenvalue weighted by Crippen LogP contribution is 2.35. The molecule has 0 radical (unpaired) electrons. The van der Waals surface area contributed by atoms with Gasteiger partial charge in [-0.2, -0.15) is 10.1 Å². The third-order valence-electron chi connectivity index (χ3n) is 13.6. The number of pyridine rings is 1. The van der Waals surface area contributed by atoms with Crippen molar-refractivity contribution in [2.24, 2.45) is 5.41 Å². The van der Waals surface area contributed by atoms with Crippen LogP contribution in [0.25, 0.3) is 32.6 Å². The van der Waals surface area contributed by atoms with Crippen LogP contribution in [0.5, 0.6) is 5.75 Å². The molecule has 438 valence electrons. The molecule has 1 saturated heterocycles. The van der Waals surface area contributed by atoms with Crippen molar-refractivity contribution in [1.82, 2.24) is 60.0 Å². The predicted molar refractivity (Wildman–Crippen MR) is 331 cm³/mol. The van der Waals surface area contributed by atoms with Crippen LogP contribution in [0.1, 0.15) is 107 Å². The molecule has 0 bridgehead atoms. The minimum atomic E-state index is -3.40. The van der Waals surface area contributed by atoms with E-state index in [4.69, 9.17) is 21.3 Å². The van der Waals surface area contributed by atoms with Gasteiger partial charge in [0.1, 0.15) is 35.6 Å². The second-order valence-electron chi connectivity index (χ2n) is 23.3. The molecule has 6 aromatic heterocycles. The molecule has 4 aromatic carbocycles. The van der Waals surface area contributed by atoms with Gasteiger partial charge in [0.2, 0.25) is 11.9 Å². The lowest BCUT2D eigenvalue weighted by Crippen LogP contribution is -2.25. The average molecular weight is 1180 g/mol. The van der Waals surface area contributed by atoms with Crippen LogP contribution in [-0.4, -0.2) is 100 Å². The number of imidazole rings is 1. The maximum Gasteiger partial charge on any atom is 0.256 e. The minimum Gasteiger partial charge on any atom is -0.492 e. The van der Waals surface area contributed by atoms with Crippen LogP contribution in [0.2, 0.25) is 5.02 Å². The number of rotatable bonds is 15. The Balaban J connectivity index is 0.000000157. The van der Waals surface area contributed by atoms with Crippen LogP contribution in [0.4, 0.5) is 33.5 Å². The smallest absolute Gasteiger partial charge is 0.256 e. The Hall–Kier alpha value is -8.40. The fourth-order valence-electron chi connectivity index (χ4n) is 9.47. The van der Waals surface area contributed by atoms with Crippen molar-refractivity contribution < 1.29 is 17.5 Å². The van der Waals surface area contributed by atoms with Gasteiger partial charge < -0.3 is 30.7 Å². The molecule has 7 heterocycles. The van der Waals surface area contributed by atoms with Gasteiger partial charge in [0, 0.05) is 82.0 Å². The Bertz CT molecular complexity index is 4100. The summed E-state index contributed by atoms with van der Waals surface area (Å²) in [6, 6.07) is 22.8. The van der Waals surface area contributed by atoms with E-state index in [1.807, 2.05) is 90.9 Å². The summed E-state index contributed by atoms with van der Waals surface area (Å²) in [5.41, 5.74) is 6.82. The van der Waals surface area contributed by atoms with Gasteiger partial charge in [0.25, 0.3) is 5.56 Å². The first-order valence-electron chi connectivity index (χ1n) is 27.8. The molecule has 19 nitrogen and oxygen atoms in total. The van der Waals surface area contributed by atoms with Crippen LogP contribution >= 0.6 is 11.6 Å². The van der Waals surface area contributed by atoms with Gasteiger partial charge in [0.05, 0.1) is 55.7 Å². The van der Waals surface area contributed by atoms with E-state index in [1.165, 1.54) is 38.1 Å². The van der Waals surface area contributed by atoms with Gasteiger partial charge in [-0.1, -0.05) is 59.2 Å². The van der Waals surface area contributed by atoms with Gasteiger partial charge in [-0.3, -0.25) is 14.8 Å². The molecule has 6 N–H and O–H groups in total. The molecule has 1 fully saturated rings. The Morgan fingerprint density at radius 1 is 0.798 bits per heavy atom. The maximum absolute atomic E-state index is 13.8. The molecule has 0 saturated carbocycles. The summed E-state index contributed by atoms with van der Waals surface area (Å²) >= 11 is 6.21. The number of fused-ring (bicyclic) bond motifs is 6. The third-order valence-corrected chi connectivity index (χ3v) is 16.2. The van der Waals surface area contributed by atoms with E-state index in [0.29, 0.717) is 62.9 Å². The number of hydrogen-bond acceptors (Lipinski definition) is 16. The number of aromatic amines is 3. The fraction of sp³-hybridized carbons (Fsp3) is 0.339. The topological polar surface area (TPSA) is 250 Å². The summed E-state index contributed by atoms with van der Waals surface area (Å²) in [6.45, 7) is 23.7. The number of H-pyrrole nitrogens is 3. The van der Waals surface area contributed by atoms with E-state index in [-0.39, 0.29) is 34.0 Å². The number of anilines is 5. The zero-order chi connectivity index (χ0) is 59.9. The fourth-order valence-corrected chi connectivity index (χ4v) is 11.5. The van der Waals surface area contributed by atoms with Crippen molar-refractivity contribution in [2.45, 2.75) is 105 Å². The molecule has 0 unspecified atom stereocenters. The molecular weight excluding hydrogens is 1110 g/mol. The Morgan fingerprint density at radius 3 is 2.24 bits per heavy atom. The summed E-state index contributed by atoms with van der Waals surface area (Å²) < 4.78 is 45.3. The summed E-state index contributed by atoms with van der Waals surface area (Å²) in [5.74, 6) is 3.59. The van der Waals surface area contributed by atoms with E-state index in [2.05, 4.69) is 91.7 Å². The average Bonchev–Trinajstić information content (AvgIpc) is 1.62. The van der Waals surface area contributed by atoms with Crippen molar-refractivity contribution in [1.29, 1.82) is 0 Å². The molecule has 22 heteroatoms. The van der Waals surface area contributed by atoms with E-state index in [1.54, 1.807) is 55.2 Å². The number of ether oxygens (including phenoxy) is 1. The number of benzene rings is 4. The van der Waals surface area contributed by atoms with Crippen LogP contribution in [-0.2, 0) is 21.7 Å². The molecular formula is C62H71ClFN15O4S. The first-order valence-corrected chi connectivity index (χ1v) is 29.8. The standard InChI is InChI=1S/C28H37N5O3S.C18H16FN3O.C16H18ClN7/c1-21-19-29-27(31-22-10-12-24(13-11-22)36-17-16-33-14-5-6-15-33)32-26(21)30-23-8-7-9-25(18-23)37(34,35)20-28(2,3)4;1-18(2,3)17-21-14-10-5-4-9(19)8-12(10)13-11(15(14)22-17)6-7-20-16(13)23;1-9-6-18-15(19-7-9)11(3)21-16-20-8-13(17)14(22-16)5-12-4-10(2)23-24-12/h7-13,18-19H,5-6,14-17,20H2,1-4H3,(H2,29,30,31,32);4-8H,1-3H3,(H,20,23)(H,21,22);4,6-8,11H,5H2,1-3H3,(H,23,24)(H,20,21,22)/t;;11-/m..0/s1. The second-order valence-corrected chi connectivity index (χ2v) is 25.7. The van der Waals surface area contributed by atoms with Gasteiger partial charge in [-0.05, 0) is 137 Å². The van der Waals surface area contributed by atoms with Crippen molar-refractivity contribution in [3.8, 4) is 5.75 Å². The van der Waals surface area contributed by atoms with Gasteiger partial charge in [-0.25, -0.2) is 42.7 Å². The molecule has 1 atom stereocenters. The molecule has 1 aliphatic rings. The molecule has 84 heavy (non-hydrogen) atoms. The normalized spacial score (nSPS) is 13.3. The van der Waals surface area contributed by atoms with Crippen molar-refractivity contribution in [3.63, 3.8) is 0 Å². The number of aromatic nitrogens is 11. The van der Waals surface area contributed by atoms with E-state index in [0.717, 1.165) is 73.8 Å². The van der Waals surface area contributed by atoms with Crippen molar-refractivity contribution in [3.05, 3.63) is 171 Å². The summed E-state index contributed by atoms with van der Waals surface area (Å²) in [7, 11) is -3.40. The number of halogens is 2. The van der Waals surface area contributed by atoms with Crippen molar-refractivity contribution in [2.75, 3.05) is 47.9 Å². The number of nitrogens with one attached hydrogen (secondary N) is 6. The van der Waals surface area contributed by atoms with E-state index in [9.17, 15) is 17.6 Å². The number of nitrogens with zero attached hydrogens (tertiary/aromatic N) is 9. The highest BCUT2D eigenvalue weighted by Gasteiger charge is 2.25. The minimum absolute atomic E-state index is 0.0757. The molecule has 10 aromatic rings. The highest BCUT2D eigenvalue weighted by molar-refractivity contribution is 7.91. The molecule has 0 aliphatic carbocycles. The molecule has 1 aliphatic heterocycles. The van der Waals surface area contributed by atoms with E-state index >= 15 is 0 Å². The van der Waals surface area contributed by atoms with Gasteiger partial charge in [-0.15, -0.1) is 0 Å². The predicted octanol–water partition coefficient (Wildman–Crippen LogP) is 12.6. The summed E-state index contributed by atoms with van der Waals surface area (Å²) in [4.78, 5) is 52.2. The third kappa shape index (κ3) is 15.4. The zero-order valence-electron chi connectivity index (χ0n) is 48.9.